The number of carbonyl (C=O) groups is 1. The monoisotopic (exact) mass is 252 g/mol. The molecule has 0 radical (unpaired) electrons. The fraction of sp³-hybridized carbons (Fsp3) is 0.462. The number of nitrogens with one attached hydrogen (secondary N) is 1. The van der Waals surface area contributed by atoms with Gasteiger partial charge in [-0.1, -0.05) is 30.3 Å². The number of nitrogens with two attached hydrogens (primary N) is 1. The van der Waals surface area contributed by atoms with Gasteiger partial charge in [0.15, 0.2) is 6.10 Å². The molecule has 0 aliphatic carbocycles. The minimum atomic E-state index is -0.702. The Balaban J connectivity index is 2.55. The molecule has 0 saturated heterocycles. The van der Waals surface area contributed by atoms with Crippen molar-refractivity contribution in [2.24, 2.45) is 5.84 Å². The van der Waals surface area contributed by atoms with Crippen LogP contribution in [0.15, 0.2) is 30.3 Å². The fourth-order valence-electron chi connectivity index (χ4n) is 1.48. The van der Waals surface area contributed by atoms with Gasteiger partial charge in [-0.25, -0.2) is 5.84 Å². The Kier molecular flexibility index (Phi) is 6.35. The SMILES string of the molecule is CC(C)OCCOC(C(=O)NN)c1ccccc1. The van der Waals surface area contributed by atoms with E-state index in [-0.39, 0.29) is 12.0 Å². The number of hydrogen-bond acceptors (Lipinski definition) is 4. The second-order valence-corrected chi connectivity index (χ2v) is 4.09. The van der Waals surface area contributed by atoms with E-state index in [9.17, 15) is 4.79 Å². The minimum absolute atomic E-state index is 0.145. The van der Waals surface area contributed by atoms with Gasteiger partial charge in [-0.05, 0) is 19.4 Å². The van der Waals surface area contributed by atoms with Crippen molar-refractivity contribution in [3.05, 3.63) is 35.9 Å². The van der Waals surface area contributed by atoms with Crippen molar-refractivity contribution in [3.63, 3.8) is 0 Å². The summed E-state index contributed by atoms with van der Waals surface area (Å²) in [6.45, 7) is 4.67. The lowest BCUT2D eigenvalue weighted by Crippen LogP contribution is -2.36. The molecule has 3 N–H and O–H groups in total. The first-order valence-corrected chi connectivity index (χ1v) is 5.93. The molecule has 18 heavy (non-hydrogen) atoms. The average molecular weight is 252 g/mol. The molecule has 0 aliphatic heterocycles. The first-order chi connectivity index (χ1) is 8.65. The van der Waals surface area contributed by atoms with Gasteiger partial charge in [0.1, 0.15) is 0 Å². The van der Waals surface area contributed by atoms with Crippen LogP contribution in [0.1, 0.15) is 25.5 Å². The van der Waals surface area contributed by atoms with E-state index < -0.39 is 6.10 Å². The van der Waals surface area contributed by atoms with Crippen LogP contribution in [0.4, 0.5) is 0 Å². The number of hydrogen-bond donors (Lipinski definition) is 2. The largest absolute Gasteiger partial charge is 0.376 e. The molecular formula is C13H20N2O3. The van der Waals surface area contributed by atoms with Crippen LogP contribution >= 0.6 is 0 Å². The summed E-state index contributed by atoms with van der Waals surface area (Å²) >= 11 is 0. The zero-order valence-electron chi connectivity index (χ0n) is 10.8. The molecule has 0 saturated carbocycles. The summed E-state index contributed by atoms with van der Waals surface area (Å²) < 4.78 is 10.9. The molecule has 0 heterocycles. The van der Waals surface area contributed by atoms with Gasteiger partial charge in [0.05, 0.1) is 19.3 Å². The topological polar surface area (TPSA) is 73.6 Å². The molecule has 1 amide bonds. The molecule has 1 aromatic rings. The summed E-state index contributed by atoms with van der Waals surface area (Å²) in [6.07, 6.45) is -0.556. The van der Waals surface area contributed by atoms with Gasteiger partial charge in [-0.2, -0.15) is 0 Å². The van der Waals surface area contributed by atoms with Crippen LogP contribution < -0.4 is 11.3 Å². The van der Waals surface area contributed by atoms with Crippen molar-refractivity contribution in [3.8, 4) is 0 Å². The number of amides is 1. The van der Waals surface area contributed by atoms with Gasteiger partial charge in [0.2, 0.25) is 0 Å². The summed E-state index contributed by atoms with van der Waals surface area (Å²) in [5.74, 6) is 4.78. The van der Waals surface area contributed by atoms with Gasteiger partial charge in [-0.3, -0.25) is 10.2 Å². The molecule has 5 heteroatoms. The van der Waals surface area contributed by atoms with Crippen LogP contribution in [-0.2, 0) is 14.3 Å². The summed E-state index contributed by atoms with van der Waals surface area (Å²) in [4.78, 5) is 11.6. The van der Waals surface area contributed by atoms with E-state index in [0.717, 1.165) is 5.56 Å². The quantitative estimate of drug-likeness (QED) is 0.330. The zero-order chi connectivity index (χ0) is 13.4. The Morgan fingerprint density at radius 1 is 1.22 bits per heavy atom. The molecule has 5 nitrogen and oxygen atoms in total. The van der Waals surface area contributed by atoms with Crippen LogP contribution in [0.25, 0.3) is 0 Å². The van der Waals surface area contributed by atoms with Crippen LogP contribution in [0.5, 0.6) is 0 Å². The van der Waals surface area contributed by atoms with E-state index in [1.807, 2.05) is 44.2 Å². The smallest absolute Gasteiger partial charge is 0.267 e. The maximum atomic E-state index is 11.6. The highest BCUT2D eigenvalue weighted by molar-refractivity contribution is 5.81. The Labute approximate surface area is 107 Å². The van der Waals surface area contributed by atoms with E-state index in [4.69, 9.17) is 15.3 Å². The molecular weight excluding hydrogens is 232 g/mol. The molecule has 1 unspecified atom stereocenters. The Hall–Kier alpha value is -1.43. The number of hydrazine groups is 1. The van der Waals surface area contributed by atoms with Crippen molar-refractivity contribution >= 4 is 5.91 Å². The normalized spacial score (nSPS) is 12.4. The summed E-state index contributed by atoms with van der Waals surface area (Å²) in [6, 6.07) is 9.22. The lowest BCUT2D eigenvalue weighted by Gasteiger charge is -2.17. The van der Waals surface area contributed by atoms with Crippen LogP contribution in [0.2, 0.25) is 0 Å². The third-order valence-corrected chi connectivity index (χ3v) is 2.30. The minimum Gasteiger partial charge on any atom is -0.376 e. The fourth-order valence-corrected chi connectivity index (χ4v) is 1.48. The molecule has 0 bridgehead atoms. The van der Waals surface area contributed by atoms with E-state index in [0.29, 0.717) is 13.2 Å². The highest BCUT2D eigenvalue weighted by Gasteiger charge is 2.19. The molecule has 1 rings (SSSR count). The number of rotatable bonds is 7. The maximum absolute atomic E-state index is 11.6. The van der Waals surface area contributed by atoms with Gasteiger partial charge >= 0.3 is 0 Å². The second-order valence-electron chi connectivity index (χ2n) is 4.09. The third-order valence-electron chi connectivity index (χ3n) is 2.30. The highest BCUT2D eigenvalue weighted by Crippen LogP contribution is 2.16. The van der Waals surface area contributed by atoms with E-state index in [2.05, 4.69) is 5.43 Å². The van der Waals surface area contributed by atoms with E-state index in [1.54, 1.807) is 0 Å². The van der Waals surface area contributed by atoms with Crippen molar-refractivity contribution in [2.75, 3.05) is 13.2 Å². The van der Waals surface area contributed by atoms with Crippen molar-refractivity contribution < 1.29 is 14.3 Å². The van der Waals surface area contributed by atoms with Crippen LogP contribution in [0.3, 0.4) is 0 Å². The zero-order valence-corrected chi connectivity index (χ0v) is 10.8. The Morgan fingerprint density at radius 3 is 2.39 bits per heavy atom. The number of carbonyl (C=O) groups excluding carboxylic acids is 1. The lowest BCUT2D eigenvalue weighted by atomic mass is 10.1. The van der Waals surface area contributed by atoms with E-state index in [1.165, 1.54) is 0 Å². The molecule has 0 spiro atoms. The third kappa shape index (κ3) is 4.83. The van der Waals surface area contributed by atoms with Crippen LogP contribution in [0, 0.1) is 0 Å². The molecule has 0 aliphatic rings. The van der Waals surface area contributed by atoms with Crippen molar-refractivity contribution in [2.45, 2.75) is 26.1 Å². The number of benzene rings is 1. The molecule has 1 aromatic carbocycles. The Bertz CT molecular complexity index is 355. The van der Waals surface area contributed by atoms with Gasteiger partial charge < -0.3 is 9.47 Å². The maximum Gasteiger partial charge on any atom is 0.267 e. The second kappa shape index (κ2) is 7.81. The first-order valence-electron chi connectivity index (χ1n) is 5.93. The predicted octanol–water partition coefficient (Wildman–Crippen LogP) is 1.16. The highest BCUT2D eigenvalue weighted by atomic mass is 16.5. The van der Waals surface area contributed by atoms with Crippen molar-refractivity contribution in [1.82, 2.24) is 5.43 Å². The number of ether oxygens (including phenoxy) is 2. The average Bonchev–Trinajstić information content (AvgIpc) is 2.38. The lowest BCUT2D eigenvalue weighted by molar-refractivity contribution is -0.134. The van der Waals surface area contributed by atoms with Crippen LogP contribution in [-0.4, -0.2) is 25.2 Å². The molecule has 100 valence electrons. The van der Waals surface area contributed by atoms with Gasteiger partial charge in [0.25, 0.3) is 5.91 Å². The molecule has 1 atom stereocenters. The predicted molar refractivity (Wildman–Crippen MR) is 68.6 cm³/mol. The molecule has 0 fully saturated rings. The Morgan fingerprint density at radius 2 is 1.83 bits per heavy atom. The summed E-state index contributed by atoms with van der Waals surface area (Å²) in [7, 11) is 0. The summed E-state index contributed by atoms with van der Waals surface area (Å²) in [5.41, 5.74) is 2.88. The standard InChI is InChI=1S/C13H20N2O3/c1-10(2)17-8-9-18-12(13(16)15-14)11-6-4-3-5-7-11/h3-7,10,12H,8-9,14H2,1-2H3,(H,15,16). The first kappa shape index (κ1) is 14.6. The molecule has 0 aromatic heterocycles. The van der Waals surface area contributed by atoms with E-state index >= 15 is 0 Å². The van der Waals surface area contributed by atoms with Gasteiger partial charge in [0, 0.05) is 0 Å². The summed E-state index contributed by atoms with van der Waals surface area (Å²) in [5, 5.41) is 0. The van der Waals surface area contributed by atoms with Crippen molar-refractivity contribution in [1.29, 1.82) is 0 Å². The van der Waals surface area contributed by atoms with Gasteiger partial charge in [-0.15, -0.1) is 0 Å².